The smallest absolute Gasteiger partial charge is 0.226 e. The van der Waals surface area contributed by atoms with E-state index in [9.17, 15) is 4.79 Å². The van der Waals surface area contributed by atoms with E-state index >= 15 is 0 Å². The second-order valence-corrected chi connectivity index (χ2v) is 5.69. The number of carbonyl (C=O) groups excluding carboxylic acids is 1. The average molecular weight is 320 g/mol. The van der Waals surface area contributed by atoms with Gasteiger partial charge in [-0.3, -0.25) is 19.6 Å². The number of pyridine rings is 1. The zero-order valence-electron chi connectivity index (χ0n) is 12.9. The molecule has 2 N–H and O–H groups in total. The van der Waals surface area contributed by atoms with Crippen LogP contribution in [0.4, 0.5) is 5.82 Å². The van der Waals surface area contributed by atoms with Crippen LogP contribution in [0.15, 0.2) is 49.6 Å². The molecule has 7 heteroatoms. The van der Waals surface area contributed by atoms with Gasteiger partial charge in [0.15, 0.2) is 5.82 Å². The minimum absolute atomic E-state index is 0.0480. The quantitative estimate of drug-likeness (QED) is 0.722. The molecule has 1 atom stereocenters. The molecule has 0 fully saturated rings. The first kappa shape index (κ1) is 14.4. The number of carbonyl (C=O) groups is 1. The van der Waals surface area contributed by atoms with Crippen LogP contribution in [0.5, 0.6) is 0 Å². The van der Waals surface area contributed by atoms with Crippen LogP contribution in [-0.2, 0) is 11.3 Å². The van der Waals surface area contributed by atoms with Crippen LogP contribution in [0.3, 0.4) is 0 Å². The van der Waals surface area contributed by atoms with Gasteiger partial charge in [0.25, 0.3) is 0 Å². The summed E-state index contributed by atoms with van der Waals surface area (Å²) >= 11 is 0. The molecule has 120 valence electrons. The van der Waals surface area contributed by atoms with Gasteiger partial charge in [0, 0.05) is 42.1 Å². The van der Waals surface area contributed by atoms with Gasteiger partial charge >= 0.3 is 0 Å². The largest absolute Gasteiger partial charge is 0.309 e. The van der Waals surface area contributed by atoms with Crippen LogP contribution in [0, 0.1) is 0 Å². The minimum atomic E-state index is -0.0960. The molecule has 0 radical (unpaired) electrons. The van der Waals surface area contributed by atoms with Crippen LogP contribution in [-0.4, -0.2) is 30.9 Å². The summed E-state index contributed by atoms with van der Waals surface area (Å²) in [4.78, 5) is 16.2. The Hall–Kier alpha value is -3.22. The van der Waals surface area contributed by atoms with Crippen molar-refractivity contribution in [3.05, 3.63) is 60.7 Å². The van der Waals surface area contributed by atoms with E-state index < -0.39 is 0 Å². The highest BCUT2D eigenvalue weighted by Crippen LogP contribution is 2.41. The topological polar surface area (TPSA) is 88.5 Å². The molecule has 1 aliphatic heterocycles. The maximum atomic E-state index is 12.1. The Balaban J connectivity index is 1.81. The molecule has 1 amide bonds. The Labute approximate surface area is 138 Å². The summed E-state index contributed by atoms with van der Waals surface area (Å²) in [6.07, 6.45) is 9.41. The number of anilines is 1. The first-order valence-corrected chi connectivity index (χ1v) is 7.68. The molecule has 0 unspecified atom stereocenters. The van der Waals surface area contributed by atoms with Gasteiger partial charge in [-0.1, -0.05) is 6.08 Å². The summed E-state index contributed by atoms with van der Waals surface area (Å²) in [5, 5.41) is 14.5. The fourth-order valence-corrected chi connectivity index (χ4v) is 3.06. The van der Waals surface area contributed by atoms with Crippen molar-refractivity contribution in [3.63, 3.8) is 0 Å². The molecule has 4 rings (SSSR count). The van der Waals surface area contributed by atoms with Crippen LogP contribution < -0.4 is 5.32 Å². The van der Waals surface area contributed by atoms with Crippen LogP contribution in [0.25, 0.3) is 11.3 Å². The fraction of sp³-hybridized carbons (Fsp3) is 0.176. The number of H-pyrrole nitrogens is 1. The first-order chi connectivity index (χ1) is 11.8. The number of aromatic nitrogens is 5. The van der Waals surface area contributed by atoms with Crippen molar-refractivity contribution in [3.8, 4) is 11.3 Å². The number of fused-ring (bicyclic) bond motifs is 1. The zero-order chi connectivity index (χ0) is 16.5. The normalized spacial score (nSPS) is 16.5. The standard InChI is InChI=1S/C17H16N6O/c1-2-6-23-10-12(9-19-23)13-7-14(24)20-17-15(13)16(21-22-17)11-4-3-5-18-8-11/h2-5,8-10,13H,1,6-7H2,(H2,20,21,22,24)/t13-/m0/s1. The third-order valence-electron chi connectivity index (χ3n) is 4.12. The van der Waals surface area contributed by atoms with Crippen molar-refractivity contribution in [2.24, 2.45) is 0 Å². The summed E-state index contributed by atoms with van der Waals surface area (Å²) in [6.45, 7) is 4.36. The predicted octanol–water partition coefficient (Wildman–Crippen LogP) is 2.33. The van der Waals surface area contributed by atoms with E-state index in [1.54, 1.807) is 29.3 Å². The van der Waals surface area contributed by atoms with E-state index in [4.69, 9.17) is 0 Å². The van der Waals surface area contributed by atoms with Gasteiger partial charge in [-0.15, -0.1) is 6.58 Å². The highest BCUT2D eigenvalue weighted by Gasteiger charge is 2.32. The average Bonchev–Trinajstić information content (AvgIpc) is 3.22. The van der Waals surface area contributed by atoms with Crippen molar-refractivity contribution in [1.29, 1.82) is 0 Å². The van der Waals surface area contributed by atoms with Gasteiger partial charge in [0.05, 0.1) is 18.4 Å². The summed E-state index contributed by atoms with van der Waals surface area (Å²) in [7, 11) is 0. The Morgan fingerprint density at radius 2 is 2.33 bits per heavy atom. The molecule has 7 nitrogen and oxygen atoms in total. The Morgan fingerprint density at radius 1 is 1.42 bits per heavy atom. The predicted molar refractivity (Wildman–Crippen MR) is 89.3 cm³/mol. The molecule has 0 bridgehead atoms. The number of hydrogen-bond donors (Lipinski definition) is 2. The van der Waals surface area contributed by atoms with E-state index in [-0.39, 0.29) is 11.8 Å². The van der Waals surface area contributed by atoms with E-state index in [1.165, 1.54) is 0 Å². The van der Waals surface area contributed by atoms with E-state index in [0.29, 0.717) is 18.8 Å². The lowest BCUT2D eigenvalue weighted by molar-refractivity contribution is -0.116. The third kappa shape index (κ3) is 2.40. The van der Waals surface area contributed by atoms with Gasteiger partial charge in [0.2, 0.25) is 5.91 Å². The molecule has 0 spiro atoms. The molecule has 24 heavy (non-hydrogen) atoms. The Kier molecular flexibility index (Phi) is 3.45. The third-order valence-corrected chi connectivity index (χ3v) is 4.12. The number of allylic oxidation sites excluding steroid dienone is 1. The summed E-state index contributed by atoms with van der Waals surface area (Å²) < 4.78 is 1.80. The second kappa shape index (κ2) is 5.77. The number of nitrogens with zero attached hydrogens (tertiary/aromatic N) is 4. The van der Waals surface area contributed by atoms with Crippen molar-refractivity contribution in [2.75, 3.05) is 5.32 Å². The lowest BCUT2D eigenvalue weighted by Gasteiger charge is -2.22. The monoisotopic (exact) mass is 320 g/mol. The van der Waals surface area contributed by atoms with Crippen molar-refractivity contribution < 1.29 is 4.79 Å². The first-order valence-electron chi connectivity index (χ1n) is 7.68. The molecule has 1 aliphatic rings. The van der Waals surface area contributed by atoms with Crippen LogP contribution in [0.2, 0.25) is 0 Å². The lowest BCUT2D eigenvalue weighted by atomic mass is 9.86. The van der Waals surface area contributed by atoms with E-state index in [2.05, 4.69) is 32.2 Å². The summed E-state index contributed by atoms with van der Waals surface area (Å²) in [5.74, 6) is 0.432. The Bertz CT molecular complexity index is 895. The molecule has 0 saturated carbocycles. The fourth-order valence-electron chi connectivity index (χ4n) is 3.06. The van der Waals surface area contributed by atoms with E-state index in [1.807, 2.05) is 18.3 Å². The van der Waals surface area contributed by atoms with Crippen molar-refractivity contribution >= 4 is 11.7 Å². The molecule has 0 saturated heterocycles. The molecule has 0 aliphatic carbocycles. The van der Waals surface area contributed by atoms with Gasteiger partial charge < -0.3 is 5.32 Å². The van der Waals surface area contributed by atoms with Crippen molar-refractivity contribution in [2.45, 2.75) is 18.9 Å². The van der Waals surface area contributed by atoms with Gasteiger partial charge in [0.1, 0.15) is 0 Å². The highest BCUT2D eigenvalue weighted by molar-refractivity contribution is 5.96. The zero-order valence-corrected chi connectivity index (χ0v) is 12.9. The number of amides is 1. The van der Waals surface area contributed by atoms with E-state index in [0.717, 1.165) is 22.4 Å². The minimum Gasteiger partial charge on any atom is -0.309 e. The summed E-state index contributed by atoms with van der Waals surface area (Å²) in [5.41, 5.74) is 3.77. The molecule has 4 heterocycles. The van der Waals surface area contributed by atoms with Gasteiger partial charge in [-0.2, -0.15) is 10.2 Å². The molecule has 3 aromatic rings. The molecule has 3 aromatic heterocycles. The molecular formula is C17H16N6O. The second-order valence-electron chi connectivity index (χ2n) is 5.69. The van der Waals surface area contributed by atoms with Crippen LogP contribution >= 0.6 is 0 Å². The van der Waals surface area contributed by atoms with Crippen LogP contribution in [0.1, 0.15) is 23.5 Å². The Morgan fingerprint density at radius 3 is 3.12 bits per heavy atom. The number of rotatable bonds is 4. The summed E-state index contributed by atoms with van der Waals surface area (Å²) in [6, 6.07) is 3.84. The number of hydrogen-bond acceptors (Lipinski definition) is 4. The van der Waals surface area contributed by atoms with Gasteiger partial charge in [-0.05, 0) is 17.7 Å². The molecular weight excluding hydrogens is 304 g/mol. The number of aromatic amines is 1. The SMILES string of the molecule is C=CCn1cc([C@@H]2CC(=O)Nc3n[nH]c(-c4cccnc4)c32)cn1. The maximum Gasteiger partial charge on any atom is 0.226 e. The highest BCUT2D eigenvalue weighted by atomic mass is 16.1. The van der Waals surface area contributed by atoms with Gasteiger partial charge in [-0.25, -0.2) is 0 Å². The molecule has 0 aromatic carbocycles. The van der Waals surface area contributed by atoms with Crippen molar-refractivity contribution in [1.82, 2.24) is 25.0 Å². The maximum absolute atomic E-state index is 12.1. The number of nitrogens with one attached hydrogen (secondary N) is 2. The lowest BCUT2D eigenvalue weighted by Crippen LogP contribution is -2.23.